The Hall–Kier alpha value is -2.08. The number of hydrogen-bond acceptors (Lipinski definition) is 5. The van der Waals surface area contributed by atoms with Crippen molar-refractivity contribution in [2.24, 2.45) is 5.92 Å². The Kier molecular flexibility index (Phi) is 3.69. The third-order valence-electron chi connectivity index (χ3n) is 3.96. The first-order chi connectivity index (χ1) is 11.2. The minimum absolute atomic E-state index is 0.363. The number of rotatable bonds is 6. The zero-order valence-electron chi connectivity index (χ0n) is 13.4. The lowest BCUT2D eigenvalue weighted by Crippen LogP contribution is -2.12. The second kappa shape index (κ2) is 5.85. The molecule has 1 aliphatic rings. The highest BCUT2D eigenvalue weighted by atomic mass is 32.1. The quantitative estimate of drug-likeness (QED) is 0.630. The van der Waals surface area contributed by atoms with Crippen molar-refractivity contribution in [1.29, 1.82) is 0 Å². The van der Waals surface area contributed by atoms with E-state index in [9.17, 15) is 0 Å². The summed E-state index contributed by atoms with van der Waals surface area (Å²) in [5, 5.41) is 14.1. The summed E-state index contributed by atoms with van der Waals surface area (Å²) in [6.45, 7) is 5.32. The molecule has 3 aromatic rings. The van der Waals surface area contributed by atoms with Gasteiger partial charge >= 0.3 is 0 Å². The van der Waals surface area contributed by atoms with Crippen LogP contribution >= 0.6 is 11.3 Å². The van der Waals surface area contributed by atoms with Crippen molar-refractivity contribution in [2.45, 2.75) is 32.7 Å². The Bertz CT molecular complexity index is 802. The molecule has 0 spiro atoms. The molecule has 1 fully saturated rings. The Labute approximate surface area is 139 Å². The van der Waals surface area contributed by atoms with Crippen LogP contribution in [0.5, 0.6) is 0 Å². The van der Waals surface area contributed by atoms with Gasteiger partial charge in [-0.05, 0) is 44.7 Å². The Morgan fingerprint density at radius 2 is 2.22 bits per heavy atom. The third kappa shape index (κ3) is 3.17. The molecule has 0 radical (unpaired) electrons. The number of H-pyrrole nitrogens is 1. The summed E-state index contributed by atoms with van der Waals surface area (Å²) in [4.78, 5) is 5.94. The van der Waals surface area contributed by atoms with E-state index in [2.05, 4.69) is 46.8 Å². The standard InChI is InChI=1S/C17H21N5S/c1-10(2)20-16-8-13(18-9-11-3-4-11)17-14(21-16)7-15(23-17)12-5-6-19-22-12/h5-8,10-11H,3-4,9H2,1-2H3,(H,19,22)(H2,18,20,21). The van der Waals surface area contributed by atoms with E-state index < -0.39 is 0 Å². The molecular weight excluding hydrogens is 306 g/mol. The molecule has 23 heavy (non-hydrogen) atoms. The van der Waals surface area contributed by atoms with E-state index in [1.54, 1.807) is 17.5 Å². The van der Waals surface area contributed by atoms with Crippen molar-refractivity contribution >= 4 is 33.1 Å². The van der Waals surface area contributed by atoms with Crippen LogP contribution in [0.1, 0.15) is 26.7 Å². The molecule has 0 saturated heterocycles. The Balaban J connectivity index is 1.74. The molecule has 120 valence electrons. The summed E-state index contributed by atoms with van der Waals surface area (Å²) in [5.74, 6) is 1.77. The highest BCUT2D eigenvalue weighted by Gasteiger charge is 2.21. The fourth-order valence-corrected chi connectivity index (χ4v) is 3.69. The van der Waals surface area contributed by atoms with Gasteiger partial charge in [0.25, 0.3) is 0 Å². The van der Waals surface area contributed by atoms with Gasteiger partial charge in [-0.25, -0.2) is 4.98 Å². The topological polar surface area (TPSA) is 65.6 Å². The van der Waals surface area contributed by atoms with E-state index in [1.165, 1.54) is 28.1 Å². The van der Waals surface area contributed by atoms with Crippen molar-refractivity contribution < 1.29 is 0 Å². The number of nitrogens with zero attached hydrogens (tertiary/aromatic N) is 2. The van der Waals surface area contributed by atoms with E-state index in [0.717, 1.165) is 29.5 Å². The van der Waals surface area contributed by atoms with Crippen LogP contribution in [0.25, 0.3) is 20.8 Å². The average molecular weight is 327 g/mol. The van der Waals surface area contributed by atoms with E-state index >= 15 is 0 Å². The molecule has 1 aliphatic carbocycles. The maximum atomic E-state index is 4.77. The molecule has 0 aliphatic heterocycles. The lowest BCUT2D eigenvalue weighted by Gasteiger charge is -2.12. The molecule has 5 nitrogen and oxygen atoms in total. The lowest BCUT2D eigenvalue weighted by atomic mass is 10.2. The van der Waals surface area contributed by atoms with Crippen molar-refractivity contribution in [3.8, 4) is 10.6 Å². The minimum Gasteiger partial charge on any atom is -0.383 e. The number of nitrogens with one attached hydrogen (secondary N) is 3. The predicted octanol–water partition coefficient (Wildman–Crippen LogP) is 4.33. The summed E-state index contributed by atoms with van der Waals surface area (Å²) in [7, 11) is 0. The van der Waals surface area contributed by atoms with Crippen LogP contribution in [0.15, 0.2) is 24.4 Å². The second-order valence-corrected chi connectivity index (χ2v) is 7.53. The van der Waals surface area contributed by atoms with E-state index in [0.29, 0.717) is 6.04 Å². The molecule has 0 bridgehead atoms. The minimum atomic E-state index is 0.363. The third-order valence-corrected chi connectivity index (χ3v) is 5.15. The second-order valence-electron chi connectivity index (χ2n) is 6.47. The first-order valence-electron chi connectivity index (χ1n) is 8.14. The Morgan fingerprint density at radius 1 is 1.35 bits per heavy atom. The largest absolute Gasteiger partial charge is 0.383 e. The first-order valence-corrected chi connectivity index (χ1v) is 8.95. The molecule has 4 rings (SSSR count). The summed E-state index contributed by atoms with van der Waals surface area (Å²) in [5.41, 5.74) is 3.25. The van der Waals surface area contributed by atoms with Gasteiger partial charge in [0.1, 0.15) is 5.82 Å². The molecule has 6 heteroatoms. The molecule has 3 aromatic heterocycles. The monoisotopic (exact) mass is 327 g/mol. The maximum absolute atomic E-state index is 4.77. The molecule has 0 atom stereocenters. The number of aromatic amines is 1. The first kappa shape index (κ1) is 14.5. The number of thiophene rings is 1. The number of pyridine rings is 1. The van der Waals surface area contributed by atoms with Crippen LogP contribution in [0.3, 0.4) is 0 Å². The van der Waals surface area contributed by atoms with Gasteiger partial charge in [-0.3, -0.25) is 5.10 Å². The lowest BCUT2D eigenvalue weighted by molar-refractivity contribution is 0.885. The summed E-state index contributed by atoms with van der Waals surface area (Å²) >= 11 is 1.76. The summed E-state index contributed by atoms with van der Waals surface area (Å²) < 4.78 is 1.21. The highest BCUT2D eigenvalue weighted by Crippen LogP contribution is 2.38. The van der Waals surface area contributed by atoms with Gasteiger partial charge in [-0.15, -0.1) is 11.3 Å². The van der Waals surface area contributed by atoms with Crippen LogP contribution in [0.4, 0.5) is 11.5 Å². The van der Waals surface area contributed by atoms with Gasteiger partial charge in [0.05, 0.1) is 26.5 Å². The molecular formula is C17H21N5S. The van der Waals surface area contributed by atoms with Gasteiger partial charge in [0, 0.05) is 24.8 Å². The van der Waals surface area contributed by atoms with Crippen molar-refractivity contribution in [3.05, 3.63) is 24.4 Å². The molecule has 0 amide bonds. The average Bonchev–Trinajstić information content (AvgIpc) is 2.99. The van der Waals surface area contributed by atoms with Crippen LogP contribution in [0, 0.1) is 5.92 Å². The maximum Gasteiger partial charge on any atom is 0.128 e. The molecule has 3 heterocycles. The van der Waals surface area contributed by atoms with Gasteiger partial charge in [-0.1, -0.05) is 0 Å². The van der Waals surface area contributed by atoms with Crippen LogP contribution in [0.2, 0.25) is 0 Å². The van der Waals surface area contributed by atoms with Gasteiger partial charge in [0.2, 0.25) is 0 Å². The summed E-state index contributed by atoms with van der Waals surface area (Å²) in [6, 6.07) is 6.64. The van der Waals surface area contributed by atoms with Gasteiger partial charge in [-0.2, -0.15) is 5.10 Å². The van der Waals surface area contributed by atoms with Crippen molar-refractivity contribution in [2.75, 3.05) is 17.2 Å². The molecule has 0 aromatic carbocycles. The summed E-state index contributed by atoms with van der Waals surface area (Å²) in [6.07, 6.45) is 4.48. The van der Waals surface area contributed by atoms with E-state index in [1.807, 2.05) is 6.07 Å². The zero-order chi connectivity index (χ0) is 15.8. The molecule has 3 N–H and O–H groups in total. The molecule has 0 unspecified atom stereocenters. The Morgan fingerprint density at radius 3 is 2.91 bits per heavy atom. The fraction of sp³-hybridized carbons (Fsp3) is 0.412. The SMILES string of the molecule is CC(C)Nc1cc(NCC2CC2)c2sc(-c3ccn[nH]3)cc2n1. The number of hydrogen-bond donors (Lipinski definition) is 3. The number of fused-ring (bicyclic) bond motifs is 1. The number of aromatic nitrogens is 3. The van der Waals surface area contributed by atoms with Crippen LogP contribution in [-0.4, -0.2) is 27.8 Å². The van der Waals surface area contributed by atoms with Crippen LogP contribution in [-0.2, 0) is 0 Å². The fourth-order valence-electron chi connectivity index (χ4n) is 2.62. The van der Waals surface area contributed by atoms with Crippen LogP contribution < -0.4 is 10.6 Å². The van der Waals surface area contributed by atoms with E-state index in [-0.39, 0.29) is 0 Å². The van der Waals surface area contributed by atoms with E-state index in [4.69, 9.17) is 4.98 Å². The van der Waals surface area contributed by atoms with Crippen molar-refractivity contribution in [3.63, 3.8) is 0 Å². The van der Waals surface area contributed by atoms with Crippen molar-refractivity contribution in [1.82, 2.24) is 15.2 Å². The van der Waals surface area contributed by atoms with Gasteiger partial charge in [0.15, 0.2) is 0 Å². The normalized spacial score (nSPS) is 14.6. The number of anilines is 2. The predicted molar refractivity (Wildman–Crippen MR) is 97.2 cm³/mol. The zero-order valence-corrected chi connectivity index (χ0v) is 14.2. The molecule has 1 saturated carbocycles. The highest BCUT2D eigenvalue weighted by molar-refractivity contribution is 7.22. The van der Waals surface area contributed by atoms with Gasteiger partial charge < -0.3 is 10.6 Å². The smallest absolute Gasteiger partial charge is 0.128 e.